The summed E-state index contributed by atoms with van der Waals surface area (Å²) in [5.74, 6) is 0.565. The Balaban J connectivity index is 1.29. The molecule has 1 spiro atoms. The summed E-state index contributed by atoms with van der Waals surface area (Å²) >= 11 is 0. The number of aryl methyl sites for hydroxylation is 2. The average Bonchev–Trinajstić information content (AvgIpc) is 3.20. The van der Waals surface area contributed by atoms with Crippen molar-refractivity contribution in [3.63, 3.8) is 0 Å². The normalized spacial score (nSPS) is 17.0. The number of benzene rings is 1. The van der Waals surface area contributed by atoms with Crippen molar-refractivity contribution in [2.24, 2.45) is 12.5 Å². The first-order valence-electron chi connectivity index (χ1n) is 9.69. The SMILES string of the molecule is Cc1onc(-c2ccc(F)cc2)c1COc1cc(C(=O)N2CC3(COC3)C2)n(C)n1. The lowest BCUT2D eigenvalue weighted by Gasteiger charge is -2.54. The van der Waals surface area contributed by atoms with Crippen LogP contribution in [0.1, 0.15) is 21.8 Å². The molecule has 4 heterocycles. The molecule has 0 saturated carbocycles. The monoisotopic (exact) mass is 412 g/mol. The molecule has 5 rings (SSSR count). The lowest BCUT2D eigenvalue weighted by Crippen LogP contribution is -2.67. The highest BCUT2D eigenvalue weighted by Crippen LogP contribution is 2.38. The Labute approximate surface area is 172 Å². The zero-order valence-electron chi connectivity index (χ0n) is 16.7. The van der Waals surface area contributed by atoms with E-state index in [4.69, 9.17) is 14.0 Å². The summed E-state index contributed by atoms with van der Waals surface area (Å²) < 4.78 is 31.1. The maximum atomic E-state index is 13.2. The molecule has 1 aromatic carbocycles. The summed E-state index contributed by atoms with van der Waals surface area (Å²) in [5.41, 5.74) is 2.70. The smallest absolute Gasteiger partial charge is 0.272 e. The molecule has 2 fully saturated rings. The van der Waals surface area contributed by atoms with Gasteiger partial charge in [0.05, 0.1) is 24.2 Å². The van der Waals surface area contributed by atoms with Gasteiger partial charge in [-0.15, -0.1) is 5.10 Å². The van der Waals surface area contributed by atoms with Crippen LogP contribution in [-0.2, 0) is 18.4 Å². The minimum atomic E-state index is -0.319. The van der Waals surface area contributed by atoms with Crippen LogP contribution in [0.4, 0.5) is 4.39 Å². The highest BCUT2D eigenvalue weighted by atomic mass is 19.1. The lowest BCUT2D eigenvalue weighted by atomic mass is 9.78. The maximum absolute atomic E-state index is 13.2. The van der Waals surface area contributed by atoms with E-state index in [0.717, 1.165) is 24.3 Å². The number of ether oxygens (including phenoxy) is 2. The second kappa shape index (κ2) is 6.94. The van der Waals surface area contributed by atoms with E-state index in [1.165, 1.54) is 16.8 Å². The van der Waals surface area contributed by atoms with Gasteiger partial charge in [-0.2, -0.15) is 0 Å². The van der Waals surface area contributed by atoms with Crippen molar-refractivity contribution in [3.8, 4) is 17.1 Å². The van der Waals surface area contributed by atoms with E-state index in [0.29, 0.717) is 36.1 Å². The second-order valence-electron chi connectivity index (χ2n) is 8.01. The molecule has 8 nitrogen and oxygen atoms in total. The predicted molar refractivity (Wildman–Crippen MR) is 103 cm³/mol. The molecule has 3 aromatic rings. The molecular weight excluding hydrogens is 391 g/mol. The van der Waals surface area contributed by atoms with E-state index >= 15 is 0 Å². The number of amides is 1. The Morgan fingerprint density at radius 2 is 2.00 bits per heavy atom. The zero-order chi connectivity index (χ0) is 20.9. The molecule has 2 saturated heterocycles. The van der Waals surface area contributed by atoms with Gasteiger partial charge in [-0.1, -0.05) is 5.16 Å². The van der Waals surface area contributed by atoms with E-state index in [9.17, 15) is 9.18 Å². The minimum absolute atomic E-state index is 0.0643. The summed E-state index contributed by atoms with van der Waals surface area (Å²) in [5, 5.41) is 8.38. The fraction of sp³-hybridized carbons (Fsp3) is 0.381. The third-order valence-electron chi connectivity index (χ3n) is 5.70. The largest absolute Gasteiger partial charge is 0.471 e. The van der Waals surface area contributed by atoms with Crippen LogP contribution in [0.5, 0.6) is 5.88 Å². The first-order valence-corrected chi connectivity index (χ1v) is 9.69. The van der Waals surface area contributed by atoms with Crippen molar-refractivity contribution < 1.29 is 23.2 Å². The van der Waals surface area contributed by atoms with Crippen LogP contribution in [0.2, 0.25) is 0 Å². The standard InChI is InChI=1S/C21H21FN4O4/c1-13-16(19(24-30-13)14-3-5-15(22)6-4-14)8-29-18-7-17(25(2)23-18)20(27)26-9-21(10-26)11-28-12-21/h3-7H,8-12H2,1-2H3. The van der Waals surface area contributed by atoms with Gasteiger partial charge >= 0.3 is 0 Å². The van der Waals surface area contributed by atoms with Gasteiger partial charge in [0.1, 0.15) is 29.6 Å². The predicted octanol–water partition coefficient (Wildman–Crippen LogP) is 2.57. The highest BCUT2D eigenvalue weighted by molar-refractivity contribution is 5.93. The second-order valence-corrected chi connectivity index (χ2v) is 8.01. The van der Waals surface area contributed by atoms with E-state index < -0.39 is 0 Å². The van der Waals surface area contributed by atoms with Crippen LogP contribution in [0, 0.1) is 18.2 Å². The van der Waals surface area contributed by atoms with Crippen LogP contribution in [0.3, 0.4) is 0 Å². The van der Waals surface area contributed by atoms with Crippen LogP contribution >= 0.6 is 0 Å². The Bertz CT molecular complexity index is 1090. The number of nitrogens with zero attached hydrogens (tertiary/aromatic N) is 4. The number of likely N-dealkylation sites (tertiary alicyclic amines) is 1. The highest BCUT2D eigenvalue weighted by Gasteiger charge is 2.51. The van der Waals surface area contributed by atoms with E-state index in [-0.39, 0.29) is 23.7 Å². The molecule has 0 unspecified atom stereocenters. The molecule has 2 aliphatic heterocycles. The Morgan fingerprint density at radius 1 is 1.27 bits per heavy atom. The molecule has 9 heteroatoms. The van der Waals surface area contributed by atoms with Gasteiger partial charge in [0, 0.05) is 31.8 Å². The molecule has 156 valence electrons. The number of rotatable bonds is 5. The van der Waals surface area contributed by atoms with Crippen molar-refractivity contribution in [1.29, 1.82) is 0 Å². The third kappa shape index (κ3) is 3.15. The molecule has 0 atom stereocenters. The van der Waals surface area contributed by atoms with Gasteiger partial charge in [0.25, 0.3) is 5.91 Å². The molecule has 2 aliphatic rings. The summed E-state index contributed by atoms with van der Waals surface area (Å²) in [6.07, 6.45) is 0. The van der Waals surface area contributed by atoms with Crippen molar-refractivity contribution in [3.05, 3.63) is 53.2 Å². The van der Waals surface area contributed by atoms with Crippen LogP contribution in [-0.4, -0.2) is 52.0 Å². The molecule has 0 N–H and O–H groups in total. The summed E-state index contributed by atoms with van der Waals surface area (Å²) in [4.78, 5) is 14.6. The number of carbonyl (C=O) groups excluding carboxylic acids is 1. The molecule has 2 aromatic heterocycles. The Hall–Kier alpha value is -3.20. The third-order valence-corrected chi connectivity index (χ3v) is 5.70. The maximum Gasteiger partial charge on any atom is 0.272 e. The molecule has 0 bridgehead atoms. The first kappa shape index (κ1) is 18.8. The summed E-state index contributed by atoms with van der Waals surface area (Å²) in [6.45, 7) is 4.84. The number of hydrogen-bond donors (Lipinski definition) is 0. The van der Waals surface area contributed by atoms with Gasteiger partial charge in [-0.3, -0.25) is 9.48 Å². The fourth-order valence-corrected chi connectivity index (χ4v) is 3.90. The minimum Gasteiger partial charge on any atom is -0.471 e. The quantitative estimate of drug-likeness (QED) is 0.641. The Kier molecular flexibility index (Phi) is 4.35. The topological polar surface area (TPSA) is 82.6 Å². The van der Waals surface area contributed by atoms with Gasteiger partial charge in [0.15, 0.2) is 0 Å². The summed E-state index contributed by atoms with van der Waals surface area (Å²) in [7, 11) is 1.72. The molecule has 0 aliphatic carbocycles. The zero-order valence-corrected chi connectivity index (χ0v) is 16.7. The molecule has 1 amide bonds. The van der Waals surface area contributed by atoms with E-state index in [1.807, 2.05) is 0 Å². The van der Waals surface area contributed by atoms with E-state index in [1.54, 1.807) is 37.1 Å². The van der Waals surface area contributed by atoms with E-state index in [2.05, 4.69) is 10.3 Å². The van der Waals surface area contributed by atoms with Crippen molar-refractivity contribution in [1.82, 2.24) is 19.8 Å². The number of carbonyl (C=O) groups is 1. The van der Waals surface area contributed by atoms with Crippen LogP contribution in [0.25, 0.3) is 11.3 Å². The lowest BCUT2D eigenvalue weighted by molar-refractivity contribution is -0.176. The summed E-state index contributed by atoms with van der Waals surface area (Å²) in [6, 6.07) is 7.67. The Morgan fingerprint density at radius 3 is 2.67 bits per heavy atom. The fourth-order valence-electron chi connectivity index (χ4n) is 3.90. The average molecular weight is 412 g/mol. The number of hydrogen-bond acceptors (Lipinski definition) is 6. The molecule has 30 heavy (non-hydrogen) atoms. The molecular formula is C21H21FN4O4. The van der Waals surface area contributed by atoms with Crippen molar-refractivity contribution in [2.45, 2.75) is 13.5 Å². The number of halogens is 1. The van der Waals surface area contributed by atoms with Crippen LogP contribution in [0.15, 0.2) is 34.9 Å². The molecule has 0 radical (unpaired) electrons. The van der Waals surface area contributed by atoms with Gasteiger partial charge in [0.2, 0.25) is 5.88 Å². The van der Waals surface area contributed by atoms with Crippen molar-refractivity contribution in [2.75, 3.05) is 26.3 Å². The van der Waals surface area contributed by atoms with Gasteiger partial charge in [-0.05, 0) is 31.2 Å². The van der Waals surface area contributed by atoms with Crippen molar-refractivity contribution >= 4 is 5.91 Å². The van der Waals surface area contributed by atoms with Gasteiger partial charge < -0.3 is 18.9 Å². The van der Waals surface area contributed by atoms with Gasteiger partial charge in [-0.25, -0.2) is 4.39 Å². The first-order chi connectivity index (χ1) is 14.4. The number of aromatic nitrogens is 3. The van der Waals surface area contributed by atoms with Crippen LogP contribution < -0.4 is 4.74 Å².